The number of thioether (sulfide) groups is 1. The third-order valence-electron chi connectivity index (χ3n) is 5.23. The number of benzene rings is 1. The molecule has 0 N–H and O–H groups in total. The van der Waals surface area contributed by atoms with E-state index in [1.54, 1.807) is 7.11 Å². The molecular weight excluding hydrogens is 384 g/mol. The molecule has 2 fully saturated rings. The third-order valence-corrected chi connectivity index (χ3v) is 8.48. The maximum atomic E-state index is 12.5. The smallest absolute Gasteiger partial charge is 0.251 e. The Morgan fingerprint density at radius 3 is 2.52 bits per heavy atom. The molecule has 0 radical (unpaired) electrons. The van der Waals surface area contributed by atoms with E-state index in [-0.39, 0.29) is 34.6 Å². The molecule has 2 aliphatic heterocycles. The quantitative estimate of drug-likeness (QED) is 0.718. The highest BCUT2D eigenvalue weighted by Gasteiger charge is 2.48. The second-order valence-corrected chi connectivity index (χ2v) is 10.4. The summed E-state index contributed by atoms with van der Waals surface area (Å²) in [6, 6.07) is 7.55. The molecule has 0 saturated carbocycles. The lowest BCUT2D eigenvalue weighted by Crippen LogP contribution is -2.37. The molecule has 3 rings (SSSR count). The van der Waals surface area contributed by atoms with Crippen LogP contribution in [-0.4, -0.2) is 54.3 Å². The van der Waals surface area contributed by atoms with Gasteiger partial charge in [0.2, 0.25) is 0 Å². The summed E-state index contributed by atoms with van der Waals surface area (Å²) >= 11 is 1.44. The number of aliphatic imine (C=N–C) groups is 1. The fourth-order valence-electron chi connectivity index (χ4n) is 3.57. The molecule has 2 atom stereocenters. The normalized spacial score (nSPS) is 25.2. The van der Waals surface area contributed by atoms with E-state index in [2.05, 4.69) is 4.99 Å². The fraction of sp³-hybridized carbons (Fsp3) is 0.579. The lowest BCUT2D eigenvalue weighted by Gasteiger charge is -2.24. The second kappa shape index (κ2) is 8.22. The Bertz CT molecular complexity index is 817. The molecule has 148 valence electrons. The Balaban J connectivity index is 1.86. The Labute approximate surface area is 165 Å². The number of methoxy groups -OCH3 is 1. The van der Waals surface area contributed by atoms with E-state index in [4.69, 9.17) is 4.74 Å². The van der Waals surface area contributed by atoms with Crippen LogP contribution < -0.4 is 4.74 Å². The van der Waals surface area contributed by atoms with Crippen LogP contribution in [0.2, 0.25) is 0 Å². The molecule has 2 saturated heterocycles. The average Bonchev–Trinajstić information content (AvgIpc) is 3.09. The average molecular weight is 411 g/mol. The molecule has 0 aromatic heterocycles. The van der Waals surface area contributed by atoms with Gasteiger partial charge in [-0.15, -0.1) is 0 Å². The van der Waals surface area contributed by atoms with Crippen LogP contribution in [0.3, 0.4) is 0 Å². The number of fused-ring (bicyclic) bond motifs is 1. The van der Waals surface area contributed by atoms with Gasteiger partial charge in [-0.25, -0.2) is 8.42 Å². The molecule has 0 unspecified atom stereocenters. The van der Waals surface area contributed by atoms with Crippen LogP contribution in [0.15, 0.2) is 29.3 Å². The van der Waals surface area contributed by atoms with Crippen LogP contribution >= 0.6 is 11.8 Å². The van der Waals surface area contributed by atoms with Crippen LogP contribution in [0.25, 0.3) is 0 Å². The molecule has 0 aliphatic carbocycles. The molecule has 0 bridgehead atoms. The van der Waals surface area contributed by atoms with Gasteiger partial charge < -0.3 is 9.64 Å². The van der Waals surface area contributed by atoms with E-state index in [0.717, 1.165) is 24.2 Å². The number of amides is 1. The van der Waals surface area contributed by atoms with E-state index in [0.29, 0.717) is 11.7 Å². The molecule has 1 aromatic rings. The van der Waals surface area contributed by atoms with Gasteiger partial charge in [0, 0.05) is 17.7 Å². The third kappa shape index (κ3) is 4.48. The van der Waals surface area contributed by atoms with Gasteiger partial charge in [0.1, 0.15) is 5.75 Å². The van der Waals surface area contributed by atoms with Crippen molar-refractivity contribution in [3.63, 3.8) is 0 Å². The van der Waals surface area contributed by atoms with E-state index < -0.39 is 9.84 Å². The molecule has 1 amide bonds. The lowest BCUT2D eigenvalue weighted by molar-refractivity contribution is -0.121. The van der Waals surface area contributed by atoms with Gasteiger partial charge in [0.25, 0.3) is 5.91 Å². The zero-order valence-corrected chi connectivity index (χ0v) is 17.6. The number of sulfone groups is 1. The highest BCUT2D eigenvalue weighted by atomic mass is 32.2. The number of hydrogen-bond acceptors (Lipinski definition) is 5. The highest BCUT2D eigenvalue weighted by molar-refractivity contribution is 8.15. The molecule has 0 spiro atoms. The predicted molar refractivity (Wildman–Crippen MR) is 109 cm³/mol. The van der Waals surface area contributed by atoms with Crippen molar-refractivity contribution in [1.82, 2.24) is 4.90 Å². The number of carbonyl (C=O) groups is 1. The van der Waals surface area contributed by atoms with E-state index in [1.807, 2.05) is 43.0 Å². The summed E-state index contributed by atoms with van der Waals surface area (Å²) in [5.74, 6) is 0.863. The second-order valence-electron chi connectivity index (χ2n) is 7.02. The fourth-order valence-corrected chi connectivity index (χ4v) is 7.53. The summed E-state index contributed by atoms with van der Waals surface area (Å²) in [4.78, 5) is 18.9. The lowest BCUT2D eigenvalue weighted by atomic mass is 10.0. The van der Waals surface area contributed by atoms with Gasteiger partial charge in [-0.1, -0.05) is 37.7 Å². The predicted octanol–water partition coefficient (Wildman–Crippen LogP) is 2.73. The first kappa shape index (κ1) is 20.2. The molecular formula is C19H26N2O4S2. The monoisotopic (exact) mass is 410 g/mol. The molecule has 8 heteroatoms. The first-order chi connectivity index (χ1) is 12.9. The largest absolute Gasteiger partial charge is 0.497 e. The van der Waals surface area contributed by atoms with Crippen molar-refractivity contribution in [3.05, 3.63) is 29.8 Å². The van der Waals surface area contributed by atoms with Crippen LogP contribution in [0, 0.1) is 5.92 Å². The highest BCUT2D eigenvalue weighted by Crippen LogP contribution is 2.39. The minimum absolute atomic E-state index is 0.0542. The van der Waals surface area contributed by atoms with Crippen molar-refractivity contribution < 1.29 is 17.9 Å². The number of hydrogen-bond donors (Lipinski definition) is 0. The van der Waals surface area contributed by atoms with Gasteiger partial charge in [0.15, 0.2) is 15.0 Å². The van der Waals surface area contributed by atoms with Gasteiger partial charge in [-0.3, -0.25) is 4.79 Å². The van der Waals surface area contributed by atoms with Crippen molar-refractivity contribution in [1.29, 1.82) is 0 Å². The Morgan fingerprint density at radius 1 is 1.26 bits per heavy atom. The maximum absolute atomic E-state index is 12.5. The number of carbonyl (C=O) groups excluding carboxylic acids is 1. The minimum atomic E-state index is -3.04. The standard InChI is InChI=1S/C19H26N2O4S2/c1-4-14(5-2)18(22)20-19-21(10-13-6-8-15(25-3)9-7-13)16-11-27(23,24)12-17(16)26-19/h6-9,14,16-17H,4-5,10-12H2,1-3H3/t16-,17+/m0/s1. The van der Waals surface area contributed by atoms with Gasteiger partial charge in [0.05, 0.1) is 24.7 Å². The number of rotatable bonds is 6. The van der Waals surface area contributed by atoms with Crippen molar-refractivity contribution in [2.45, 2.75) is 44.5 Å². The van der Waals surface area contributed by atoms with E-state index in [9.17, 15) is 13.2 Å². The van der Waals surface area contributed by atoms with Gasteiger partial charge >= 0.3 is 0 Å². The minimum Gasteiger partial charge on any atom is -0.497 e. The molecule has 2 heterocycles. The molecule has 1 aromatic carbocycles. The van der Waals surface area contributed by atoms with Crippen LogP contribution in [0.5, 0.6) is 5.75 Å². The van der Waals surface area contributed by atoms with Crippen molar-refractivity contribution >= 4 is 32.7 Å². The van der Waals surface area contributed by atoms with Crippen LogP contribution in [0.1, 0.15) is 32.3 Å². The van der Waals surface area contributed by atoms with Gasteiger partial charge in [-0.05, 0) is 30.5 Å². The molecule has 2 aliphatic rings. The first-order valence-corrected chi connectivity index (χ1v) is 12.0. The van der Waals surface area contributed by atoms with E-state index in [1.165, 1.54) is 11.8 Å². The summed E-state index contributed by atoms with van der Waals surface area (Å²) < 4.78 is 29.4. The van der Waals surface area contributed by atoms with Crippen LogP contribution in [0.4, 0.5) is 0 Å². The van der Waals surface area contributed by atoms with Crippen LogP contribution in [-0.2, 0) is 21.2 Å². The van der Waals surface area contributed by atoms with Crippen molar-refractivity contribution in [3.8, 4) is 5.75 Å². The maximum Gasteiger partial charge on any atom is 0.251 e. The number of ether oxygens (including phenoxy) is 1. The number of nitrogens with zero attached hydrogens (tertiary/aromatic N) is 2. The summed E-state index contributed by atoms with van der Waals surface area (Å²) in [5, 5.41) is 0.606. The summed E-state index contributed by atoms with van der Waals surface area (Å²) in [7, 11) is -1.42. The van der Waals surface area contributed by atoms with E-state index >= 15 is 0 Å². The van der Waals surface area contributed by atoms with Crippen molar-refractivity contribution in [2.24, 2.45) is 10.9 Å². The Kier molecular flexibility index (Phi) is 6.15. The Morgan fingerprint density at radius 2 is 1.93 bits per heavy atom. The number of amidine groups is 1. The summed E-state index contributed by atoms with van der Waals surface area (Å²) in [6.07, 6.45) is 1.52. The van der Waals surface area contributed by atoms with Crippen molar-refractivity contribution in [2.75, 3.05) is 18.6 Å². The van der Waals surface area contributed by atoms with Gasteiger partial charge in [-0.2, -0.15) is 4.99 Å². The zero-order chi connectivity index (χ0) is 19.6. The topological polar surface area (TPSA) is 76.0 Å². The molecule has 6 nitrogen and oxygen atoms in total. The SMILES string of the molecule is CCC(CC)C(=O)N=C1S[C@@H]2CS(=O)(=O)C[C@@H]2N1Cc1ccc(OC)cc1. The summed E-state index contributed by atoms with van der Waals surface area (Å²) in [6.45, 7) is 4.51. The first-order valence-electron chi connectivity index (χ1n) is 9.26. The zero-order valence-electron chi connectivity index (χ0n) is 15.9. The Hall–Kier alpha value is -1.54. The molecule has 27 heavy (non-hydrogen) atoms. The summed E-state index contributed by atoms with van der Waals surface area (Å²) in [5.41, 5.74) is 1.03.